The largest absolute Gasteiger partial charge is 0.346 e. The summed E-state index contributed by atoms with van der Waals surface area (Å²) in [4.78, 5) is 12.3. The van der Waals surface area contributed by atoms with Crippen molar-refractivity contribution in [3.8, 4) is 0 Å². The van der Waals surface area contributed by atoms with Crippen LogP contribution in [0.1, 0.15) is 59.3 Å². The topological polar surface area (TPSA) is 66.5 Å². The van der Waals surface area contributed by atoms with Gasteiger partial charge in [-0.05, 0) is 62.9 Å². The number of rotatable bonds is 5. The lowest BCUT2D eigenvalue weighted by atomic mass is 10.00. The molecule has 1 fully saturated rings. The second-order valence-electron chi connectivity index (χ2n) is 7.67. The molecule has 5 nitrogen and oxygen atoms in total. The molecule has 2 aromatic carbocycles. The van der Waals surface area contributed by atoms with Crippen molar-refractivity contribution in [3.05, 3.63) is 64.5 Å². The predicted molar refractivity (Wildman–Crippen MR) is 111 cm³/mol. The van der Waals surface area contributed by atoms with E-state index in [1.165, 1.54) is 10.4 Å². The van der Waals surface area contributed by atoms with Gasteiger partial charge in [-0.25, -0.2) is 12.8 Å². The van der Waals surface area contributed by atoms with Crippen molar-refractivity contribution >= 4 is 15.9 Å². The fourth-order valence-corrected chi connectivity index (χ4v) is 5.28. The number of sulfonamides is 1. The molecular formula is C22H27FN2O3S. The molecule has 1 atom stereocenters. The van der Waals surface area contributed by atoms with E-state index >= 15 is 0 Å². The van der Waals surface area contributed by atoms with E-state index < -0.39 is 26.6 Å². The lowest BCUT2D eigenvalue weighted by molar-refractivity contribution is 0.0939. The molecule has 2 aromatic rings. The van der Waals surface area contributed by atoms with Crippen molar-refractivity contribution in [1.29, 1.82) is 0 Å². The van der Waals surface area contributed by atoms with E-state index in [4.69, 9.17) is 0 Å². The zero-order valence-electron chi connectivity index (χ0n) is 17.0. The highest BCUT2D eigenvalue weighted by Crippen LogP contribution is 2.25. The van der Waals surface area contributed by atoms with E-state index in [0.29, 0.717) is 13.1 Å². The Labute approximate surface area is 172 Å². The summed E-state index contributed by atoms with van der Waals surface area (Å²) in [5, 5.41) is 2.89. The minimum atomic E-state index is -3.96. The van der Waals surface area contributed by atoms with Crippen molar-refractivity contribution in [2.45, 2.75) is 51.0 Å². The number of halogens is 1. The number of aryl methyl sites for hydroxylation is 2. The molecule has 156 valence electrons. The van der Waals surface area contributed by atoms with Crippen LogP contribution in [-0.4, -0.2) is 31.7 Å². The van der Waals surface area contributed by atoms with E-state index in [9.17, 15) is 17.6 Å². The Hall–Kier alpha value is -2.25. The summed E-state index contributed by atoms with van der Waals surface area (Å²) in [6.45, 7) is 6.58. The monoisotopic (exact) mass is 418 g/mol. The van der Waals surface area contributed by atoms with Gasteiger partial charge in [0.05, 0.1) is 6.04 Å². The van der Waals surface area contributed by atoms with E-state index in [-0.39, 0.29) is 11.6 Å². The molecule has 1 heterocycles. The van der Waals surface area contributed by atoms with Gasteiger partial charge in [0.25, 0.3) is 5.91 Å². The molecule has 1 amide bonds. The second kappa shape index (κ2) is 8.63. The Morgan fingerprint density at radius 1 is 1.07 bits per heavy atom. The normalized spacial score (nSPS) is 16.4. The Morgan fingerprint density at radius 3 is 2.45 bits per heavy atom. The number of nitrogens with zero attached hydrogens (tertiary/aromatic N) is 1. The van der Waals surface area contributed by atoms with Gasteiger partial charge in [-0.3, -0.25) is 4.79 Å². The van der Waals surface area contributed by atoms with Crippen LogP contribution in [0.4, 0.5) is 4.39 Å². The molecule has 0 radical (unpaired) electrons. The summed E-state index contributed by atoms with van der Waals surface area (Å²) in [6.07, 6.45) is 2.48. The minimum Gasteiger partial charge on any atom is -0.346 e. The molecule has 7 heteroatoms. The van der Waals surface area contributed by atoms with E-state index in [2.05, 4.69) is 5.32 Å². The molecular weight excluding hydrogens is 391 g/mol. The number of hydrogen-bond donors (Lipinski definition) is 1. The van der Waals surface area contributed by atoms with Gasteiger partial charge in [-0.1, -0.05) is 30.2 Å². The first-order valence-electron chi connectivity index (χ1n) is 9.88. The van der Waals surface area contributed by atoms with Gasteiger partial charge in [0.2, 0.25) is 10.0 Å². The Bertz CT molecular complexity index is 1010. The number of carbonyl (C=O) groups is 1. The van der Waals surface area contributed by atoms with Gasteiger partial charge < -0.3 is 5.32 Å². The van der Waals surface area contributed by atoms with Crippen molar-refractivity contribution < 1.29 is 17.6 Å². The van der Waals surface area contributed by atoms with Crippen LogP contribution in [0.3, 0.4) is 0 Å². The molecule has 0 spiro atoms. The lowest BCUT2D eigenvalue weighted by Gasteiger charge is -2.26. The van der Waals surface area contributed by atoms with Gasteiger partial charge in [0.1, 0.15) is 10.7 Å². The van der Waals surface area contributed by atoms with Gasteiger partial charge in [-0.2, -0.15) is 4.31 Å². The summed E-state index contributed by atoms with van der Waals surface area (Å²) in [5.41, 5.74) is 3.25. The predicted octanol–water partition coefficient (Wildman–Crippen LogP) is 4.11. The molecule has 0 aliphatic carbocycles. The number of nitrogens with one attached hydrogen (secondary N) is 1. The van der Waals surface area contributed by atoms with Crippen LogP contribution >= 0.6 is 0 Å². The highest BCUT2D eigenvalue weighted by Gasteiger charge is 2.29. The summed E-state index contributed by atoms with van der Waals surface area (Å²) >= 11 is 0. The average molecular weight is 419 g/mol. The van der Waals surface area contributed by atoms with Gasteiger partial charge >= 0.3 is 0 Å². The maximum absolute atomic E-state index is 14.4. The molecule has 1 unspecified atom stereocenters. The molecule has 3 rings (SSSR count). The van der Waals surface area contributed by atoms with Gasteiger partial charge in [-0.15, -0.1) is 0 Å². The van der Waals surface area contributed by atoms with E-state index in [1.54, 1.807) is 0 Å². The smallest absolute Gasteiger partial charge is 0.251 e. The zero-order chi connectivity index (χ0) is 21.2. The van der Waals surface area contributed by atoms with Crippen LogP contribution in [0.5, 0.6) is 0 Å². The van der Waals surface area contributed by atoms with Crippen molar-refractivity contribution in [1.82, 2.24) is 9.62 Å². The number of benzene rings is 2. The first-order valence-corrected chi connectivity index (χ1v) is 11.3. The van der Waals surface area contributed by atoms with Gasteiger partial charge in [0, 0.05) is 18.7 Å². The first kappa shape index (κ1) is 21.5. The third-order valence-electron chi connectivity index (χ3n) is 5.38. The standard InChI is InChI=1S/C22H27FN2O3S/c1-15-7-8-16(2)19(13-15)17(3)24-22(26)18-9-10-20(23)21(14-18)29(27,28)25-11-5-4-6-12-25/h7-10,13-14,17H,4-6,11-12H2,1-3H3,(H,24,26). The number of amides is 1. The minimum absolute atomic E-state index is 0.124. The first-order chi connectivity index (χ1) is 13.7. The maximum atomic E-state index is 14.4. The molecule has 1 saturated heterocycles. The van der Waals surface area contributed by atoms with Gasteiger partial charge in [0.15, 0.2) is 0 Å². The molecule has 1 aliphatic heterocycles. The maximum Gasteiger partial charge on any atom is 0.251 e. The van der Waals surface area contributed by atoms with Crippen LogP contribution in [-0.2, 0) is 10.0 Å². The van der Waals surface area contributed by atoms with Crippen molar-refractivity contribution in [2.75, 3.05) is 13.1 Å². The molecule has 29 heavy (non-hydrogen) atoms. The Balaban J connectivity index is 1.85. The summed E-state index contributed by atoms with van der Waals surface area (Å²) in [6, 6.07) is 9.25. The quantitative estimate of drug-likeness (QED) is 0.795. The second-order valence-corrected chi connectivity index (χ2v) is 9.57. The fraction of sp³-hybridized carbons (Fsp3) is 0.409. The number of piperidine rings is 1. The lowest BCUT2D eigenvalue weighted by Crippen LogP contribution is -2.36. The highest BCUT2D eigenvalue weighted by molar-refractivity contribution is 7.89. The Morgan fingerprint density at radius 2 is 1.76 bits per heavy atom. The summed E-state index contributed by atoms with van der Waals surface area (Å²) < 4.78 is 41.4. The fourth-order valence-electron chi connectivity index (χ4n) is 3.67. The van der Waals surface area contributed by atoms with Crippen LogP contribution < -0.4 is 5.32 Å². The highest BCUT2D eigenvalue weighted by atomic mass is 32.2. The number of hydrogen-bond acceptors (Lipinski definition) is 3. The molecule has 0 saturated carbocycles. The number of carbonyl (C=O) groups excluding carboxylic acids is 1. The average Bonchev–Trinajstić information content (AvgIpc) is 2.70. The molecule has 1 N–H and O–H groups in total. The van der Waals surface area contributed by atoms with Crippen LogP contribution in [0, 0.1) is 19.7 Å². The Kier molecular flexibility index (Phi) is 6.39. The van der Waals surface area contributed by atoms with E-state index in [1.807, 2.05) is 39.0 Å². The van der Waals surface area contributed by atoms with Crippen molar-refractivity contribution in [3.63, 3.8) is 0 Å². The van der Waals surface area contributed by atoms with Crippen LogP contribution in [0.15, 0.2) is 41.3 Å². The molecule has 0 bridgehead atoms. The van der Waals surface area contributed by atoms with Crippen LogP contribution in [0.25, 0.3) is 0 Å². The SMILES string of the molecule is Cc1ccc(C)c(C(C)NC(=O)c2ccc(F)c(S(=O)(=O)N3CCCCC3)c2)c1. The third-order valence-corrected chi connectivity index (χ3v) is 7.29. The molecule has 1 aliphatic rings. The molecule has 0 aromatic heterocycles. The van der Waals surface area contributed by atoms with E-state index in [0.717, 1.165) is 48.1 Å². The third kappa shape index (κ3) is 4.67. The zero-order valence-corrected chi connectivity index (χ0v) is 17.9. The summed E-state index contributed by atoms with van der Waals surface area (Å²) in [7, 11) is -3.96. The summed E-state index contributed by atoms with van der Waals surface area (Å²) in [5.74, 6) is -1.27. The van der Waals surface area contributed by atoms with Crippen molar-refractivity contribution in [2.24, 2.45) is 0 Å². The van der Waals surface area contributed by atoms with Crippen LogP contribution in [0.2, 0.25) is 0 Å².